The van der Waals surface area contributed by atoms with E-state index in [0.29, 0.717) is 23.8 Å². The molecule has 1 aliphatic heterocycles. The number of nitrogens with zero attached hydrogens (tertiary/aromatic N) is 2. The number of thiazole rings is 1. The molecule has 33 heavy (non-hydrogen) atoms. The van der Waals surface area contributed by atoms with Crippen molar-refractivity contribution in [1.29, 1.82) is 0 Å². The molecule has 1 aliphatic rings. The zero-order chi connectivity index (χ0) is 23.4. The standard InChI is InChI=1S/C22H22N4O5S2/c1-31-19-7-3-2-6-17(19)22-23-18(14-32-22)21(28)25-24-20(27)15-8-10-16(11-9-15)33(29,30)26-12-4-5-13-26/h2-3,6-11,14H,4-5,12-13H2,1H3,(H,24,27)(H,25,28). The Kier molecular flexibility index (Phi) is 6.72. The summed E-state index contributed by atoms with van der Waals surface area (Å²) in [4.78, 5) is 29.3. The lowest BCUT2D eigenvalue weighted by atomic mass is 10.2. The Morgan fingerprint density at radius 2 is 1.67 bits per heavy atom. The number of hydrazine groups is 1. The zero-order valence-corrected chi connectivity index (χ0v) is 19.4. The Morgan fingerprint density at radius 1 is 1.00 bits per heavy atom. The predicted molar refractivity (Wildman–Crippen MR) is 123 cm³/mol. The summed E-state index contributed by atoms with van der Waals surface area (Å²) in [7, 11) is -1.99. The van der Waals surface area contributed by atoms with Gasteiger partial charge in [0.15, 0.2) is 0 Å². The van der Waals surface area contributed by atoms with Gasteiger partial charge in [0.1, 0.15) is 16.5 Å². The van der Waals surface area contributed by atoms with Crippen molar-refractivity contribution in [2.24, 2.45) is 0 Å². The molecule has 1 aromatic heterocycles. The third-order valence-electron chi connectivity index (χ3n) is 5.18. The Morgan fingerprint density at radius 3 is 2.36 bits per heavy atom. The third kappa shape index (κ3) is 4.90. The minimum Gasteiger partial charge on any atom is -0.496 e. The second-order valence-corrected chi connectivity index (χ2v) is 10.1. The van der Waals surface area contributed by atoms with Crippen molar-refractivity contribution in [2.45, 2.75) is 17.7 Å². The number of sulfonamides is 1. The zero-order valence-electron chi connectivity index (χ0n) is 17.8. The van der Waals surface area contributed by atoms with E-state index < -0.39 is 21.8 Å². The van der Waals surface area contributed by atoms with Crippen LogP contribution < -0.4 is 15.6 Å². The summed E-state index contributed by atoms with van der Waals surface area (Å²) in [5.74, 6) is -0.509. The lowest BCUT2D eigenvalue weighted by Crippen LogP contribution is -2.41. The van der Waals surface area contributed by atoms with Crippen molar-refractivity contribution in [1.82, 2.24) is 20.1 Å². The van der Waals surface area contributed by atoms with E-state index >= 15 is 0 Å². The van der Waals surface area contributed by atoms with Gasteiger partial charge in [-0.25, -0.2) is 13.4 Å². The van der Waals surface area contributed by atoms with E-state index in [-0.39, 0.29) is 16.2 Å². The number of methoxy groups -OCH3 is 1. The molecule has 0 spiro atoms. The Hall–Kier alpha value is -3.28. The Balaban J connectivity index is 1.38. The van der Waals surface area contributed by atoms with Crippen molar-refractivity contribution in [3.05, 3.63) is 65.2 Å². The fraction of sp³-hybridized carbons (Fsp3) is 0.227. The molecule has 0 atom stereocenters. The van der Waals surface area contributed by atoms with Crippen molar-refractivity contribution < 1.29 is 22.7 Å². The molecule has 0 aliphatic carbocycles. The molecule has 9 nitrogen and oxygen atoms in total. The molecular weight excluding hydrogens is 464 g/mol. The summed E-state index contributed by atoms with van der Waals surface area (Å²) in [6.45, 7) is 1.01. The molecule has 11 heteroatoms. The van der Waals surface area contributed by atoms with Crippen LogP contribution in [-0.2, 0) is 10.0 Å². The normalized spacial score (nSPS) is 14.1. The second-order valence-electron chi connectivity index (χ2n) is 7.28. The van der Waals surface area contributed by atoms with E-state index in [1.165, 1.54) is 39.9 Å². The van der Waals surface area contributed by atoms with Crippen LogP contribution in [0.4, 0.5) is 0 Å². The number of carbonyl (C=O) groups is 2. The molecular formula is C22H22N4O5S2. The highest BCUT2D eigenvalue weighted by atomic mass is 32.2. The molecule has 2 heterocycles. The maximum Gasteiger partial charge on any atom is 0.289 e. The molecule has 1 fully saturated rings. The van der Waals surface area contributed by atoms with Crippen LogP contribution in [0.3, 0.4) is 0 Å². The number of nitrogens with one attached hydrogen (secondary N) is 2. The minimum absolute atomic E-state index is 0.135. The van der Waals surface area contributed by atoms with Crippen molar-refractivity contribution in [3.8, 4) is 16.3 Å². The summed E-state index contributed by atoms with van der Waals surface area (Å²) in [6, 6.07) is 12.9. The molecule has 0 radical (unpaired) electrons. The monoisotopic (exact) mass is 486 g/mol. The van der Waals surface area contributed by atoms with E-state index in [1.807, 2.05) is 18.2 Å². The highest BCUT2D eigenvalue weighted by Gasteiger charge is 2.27. The van der Waals surface area contributed by atoms with Crippen molar-refractivity contribution >= 4 is 33.2 Å². The summed E-state index contributed by atoms with van der Waals surface area (Å²) >= 11 is 1.28. The van der Waals surface area contributed by atoms with Gasteiger partial charge < -0.3 is 4.74 Å². The molecule has 4 rings (SSSR count). The summed E-state index contributed by atoms with van der Waals surface area (Å²) in [5, 5.41) is 2.19. The largest absolute Gasteiger partial charge is 0.496 e. The number of hydrogen-bond acceptors (Lipinski definition) is 7. The SMILES string of the molecule is COc1ccccc1-c1nc(C(=O)NNC(=O)c2ccc(S(=O)(=O)N3CCCC3)cc2)cs1. The first-order valence-corrected chi connectivity index (χ1v) is 12.5. The Labute approximate surface area is 195 Å². The van der Waals surface area contributed by atoms with Gasteiger partial charge in [-0.15, -0.1) is 11.3 Å². The second kappa shape index (κ2) is 9.69. The maximum atomic E-state index is 12.6. The highest BCUT2D eigenvalue weighted by molar-refractivity contribution is 7.89. The molecule has 1 saturated heterocycles. The predicted octanol–water partition coefficient (Wildman–Crippen LogP) is 2.68. The van der Waals surface area contributed by atoms with Crippen LogP contribution in [0, 0.1) is 0 Å². The van der Waals surface area contributed by atoms with Crippen molar-refractivity contribution in [3.63, 3.8) is 0 Å². The molecule has 3 aromatic rings. The van der Waals surface area contributed by atoms with Gasteiger partial charge in [-0.05, 0) is 49.2 Å². The number of hydrogen-bond donors (Lipinski definition) is 2. The fourth-order valence-corrected chi connectivity index (χ4v) is 5.78. The number of benzene rings is 2. The fourth-order valence-electron chi connectivity index (χ4n) is 3.43. The van der Waals surface area contributed by atoms with Gasteiger partial charge in [-0.1, -0.05) is 12.1 Å². The Bertz CT molecular complexity index is 1270. The van der Waals surface area contributed by atoms with Crippen LogP contribution in [-0.4, -0.2) is 49.7 Å². The van der Waals surface area contributed by atoms with E-state index in [9.17, 15) is 18.0 Å². The number of ether oxygens (including phenoxy) is 1. The van der Waals surface area contributed by atoms with Crippen LogP contribution in [0.5, 0.6) is 5.75 Å². The van der Waals surface area contributed by atoms with Gasteiger partial charge in [-0.3, -0.25) is 20.4 Å². The average molecular weight is 487 g/mol. The molecule has 2 aromatic carbocycles. The number of aromatic nitrogens is 1. The van der Waals surface area contributed by atoms with Crippen LogP contribution in [0.15, 0.2) is 58.8 Å². The van der Waals surface area contributed by atoms with Gasteiger partial charge in [0.05, 0.1) is 17.6 Å². The lowest BCUT2D eigenvalue weighted by Gasteiger charge is -2.15. The highest BCUT2D eigenvalue weighted by Crippen LogP contribution is 2.31. The van der Waals surface area contributed by atoms with Gasteiger partial charge in [0, 0.05) is 24.0 Å². The van der Waals surface area contributed by atoms with E-state index in [0.717, 1.165) is 18.4 Å². The molecule has 0 unspecified atom stereocenters. The van der Waals surface area contributed by atoms with Crippen molar-refractivity contribution in [2.75, 3.05) is 20.2 Å². The number of rotatable bonds is 6. The topological polar surface area (TPSA) is 118 Å². The molecule has 172 valence electrons. The van der Waals surface area contributed by atoms with Crippen LogP contribution in [0.2, 0.25) is 0 Å². The molecule has 0 bridgehead atoms. The van der Waals surface area contributed by atoms with E-state index in [1.54, 1.807) is 18.6 Å². The smallest absolute Gasteiger partial charge is 0.289 e. The van der Waals surface area contributed by atoms with Gasteiger partial charge >= 0.3 is 0 Å². The van der Waals surface area contributed by atoms with Crippen LogP contribution in [0.1, 0.15) is 33.7 Å². The first-order chi connectivity index (χ1) is 15.9. The van der Waals surface area contributed by atoms with Gasteiger partial charge in [0.2, 0.25) is 10.0 Å². The average Bonchev–Trinajstić information content (AvgIpc) is 3.55. The van der Waals surface area contributed by atoms with E-state index in [4.69, 9.17) is 4.74 Å². The first-order valence-electron chi connectivity index (χ1n) is 10.2. The third-order valence-corrected chi connectivity index (χ3v) is 7.97. The lowest BCUT2D eigenvalue weighted by molar-refractivity contribution is 0.0844. The van der Waals surface area contributed by atoms with Gasteiger partial charge in [0.25, 0.3) is 11.8 Å². The summed E-state index contributed by atoms with van der Waals surface area (Å²) in [5.41, 5.74) is 5.77. The number of carbonyl (C=O) groups excluding carboxylic acids is 2. The van der Waals surface area contributed by atoms with Crippen LogP contribution in [0.25, 0.3) is 10.6 Å². The maximum absolute atomic E-state index is 12.6. The van der Waals surface area contributed by atoms with Gasteiger partial charge in [-0.2, -0.15) is 4.31 Å². The molecule has 2 N–H and O–H groups in total. The number of para-hydroxylation sites is 1. The minimum atomic E-state index is -3.55. The molecule has 0 saturated carbocycles. The quantitative estimate of drug-likeness (QED) is 0.518. The first kappa shape index (κ1) is 22.9. The van der Waals surface area contributed by atoms with E-state index in [2.05, 4.69) is 15.8 Å². The molecule has 2 amide bonds. The number of amides is 2. The summed E-state index contributed by atoms with van der Waals surface area (Å²) in [6.07, 6.45) is 1.69. The van der Waals surface area contributed by atoms with Crippen LogP contribution >= 0.6 is 11.3 Å². The summed E-state index contributed by atoms with van der Waals surface area (Å²) < 4.78 is 31.9.